The zero-order valence-electron chi connectivity index (χ0n) is 23.3. The number of rotatable bonds is 8. The van der Waals surface area contributed by atoms with Crippen molar-refractivity contribution in [3.05, 3.63) is 89.0 Å². The molecule has 1 unspecified atom stereocenters. The molecule has 2 amide bonds. The van der Waals surface area contributed by atoms with Gasteiger partial charge in [0.1, 0.15) is 0 Å². The Bertz CT molecular complexity index is 1510. The number of ether oxygens (including phenoxy) is 3. The predicted molar refractivity (Wildman–Crippen MR) is 153 cm³/mol. The van der Waals surface area contributed by atoms with Crippen LogP contribution in [0.1, 0.15) is 38.3 Å². The van der Waals surface area contributed by atoms with Crippen molar-refractivity contribution < 1.29 is 33.4 Å². The molecule has 2 fully saturated rings. The van der Waals surface area contributed by atoms with E-state index in [4.69, 9.17) is 14.2 Å². The first kappa shape index (κ1) is 27.6. The van der Waals surface area contributed by atoms with Crippen molar-refractivity contribution in [1.82, 2.24) is 9.80 Å². The molecule has 0 N–H and O–H groups in total. The average Bonchev–Trinajstić information content (AvgIpc) is 3.59. The van der Waals surface area contributed by atoms with Crippen LogP contribution in [0.25, 0.3) is 0 Å². The Labute approximate surface area is 243 Å². The Balaban J connectivity index is 1.01. The Kier molecular flexibility index (Phi) is 7.73. The number of imide groups is 1. The molecule has 42 heavy (non-hydrogen) atoms. The fourth-order valence-corrected chi connectivity index (χ4v) is 5.49. The van der Waals surface area contributed by atoms with E-state index in [9.17, 15) is 19.2 Å². The van der Waals surface area contributed by atoms with Crippen molar-refractivity contribution in [3.8, 4) is 11.5 Å². The largest absolute Gasteiger partial charge is 0.454 e. The zero-order valence-corrected chi connectivity index (χ0v) is 23.3. The highest BCUT2D eigenvalue weighted by molar-refractivity contribution is 6.22. The quantitative estimate of drug-likeness (QED) is 0.230. The number of carbonyl (C=O) groups excluding carboxylic acids is 4. The highest BCUT2D eigenvalue weighted by atomic mass is 16.7. The Morgan fingerprint density at radius 1 is 0.857 bits per heavy atom. The highest BCUT2D eigenvalue weighted by Crippen LogP contribution is 2.33. The maximum atomic E-state index is 13.3. The molecule has 0 aromatic heterocycles. The highest BCUT2D eigenvalue weighted by Gasteiger charge is 2.43. The molecule has 3 heterocycles. The summed E-state index contributed by atoms with van der Waals surface area (Å²) in [5, 5.41) is 0. The Morgan fingerprint density at radius 2 is 1.55 bits per heavy atom. The van der Waals surface area contributed by atoms with Gasteiger partial charge in [0.2, 0.25) is 12.7 Å². The monoisotopic (exact) mass is 569 g/mol. The number of benzene rings is 3. The van der Waals surface area contributed by atoms with Gasteiger partial charge in [-0.25, -0.2) is 9.69 Å². The van der Waals surface area contributed by atoms with Gasteiger partial charge in [-0.3, -0.25) is 24.2 Å². The molecule has 3 aromatic carbocycles. The number of fused-ring (bicyclic) bond motifs is 1. The van der Waals surface area contributed by atoms with Gasteiger partial charge in [0.05, 0.1) is 23.7 Å². The summed E-state index contributed by atoms with van der Waals surface area (Å²) in [7, 11) is 0. The minimum Gasteiger partial charge on any atom is -0.454 e. The van der Waals surface area contributed by atoms with Crippen LogP contribution in [-0.4, -0.2) is 79.0 Å². The molecular weight excluding hydrogens is 538 g/mol. The maximum Gasteiger partial charge on any atom is 0.338 e. The van der Waals surface area contributed by atoms with Crippen LogP contribution >= 0.6 is 0 Å². The standard InChI is InChI=1S/C32H31N3O7/c1-21-2-5-23(6-3-21)27(36)19-40-32(39)24-7-9-25(10-8-24)35-30(37)17-26(31(35)38)34-14-12-33(13-15-34)18-22-4-11-28-29(16-22)42-20-41-28/h2-11,16,26H,12-15,17-20H2,1H3. The first-order valence-corrected chi connectivity index (χ1v) is 13.9. The van der Waals surface area contributed by atoms with Gasteiger partial charge >= 0.3 is 5.97 Å². The van der Waals surface area contributed by atoms with Gasteiger partial charge in [0.15, 0.2) is 23.9 Å². The summed E-state index contributed by atoms with van der Waals surface area (Å²) in [4.78, 5) is 56.7. The first-order valence-electron chi connectivity index (χ1n) is 13.9. The second kappa shape index (κ2) is 11.8. The van der Waals surface area contributed by atoms with E-state index >= 15 is 0 Å². The smallest absolute Gasteiger partial charge is 0.338 e. The number of amides is 2. The van der Waals surface area contributed by atoms with Crippen LogP contribution in [0.5, 0.6) is 11.5 Å². The molecule has 0 radical (unpaired) electrons. The van der Waals surface area contributed by atoms with Crippen LogP contribution in [0, 0.1) is 6.92 Å². The number of Topliss-reactive ketones (excluding diaryl/α,β-unsaturated/α-hetero) is 1. The van der Waals surface area contributed by atoms with E-state index in [1.807, 2.05) is 37.3 Å². The number of esters is 1. The number of piperazine rings is 1. The lowest BCUT2D eigenvalue weighted by molar-refractivity contribution is -0.123. The van der Waals surface area contributed by atoms with Gasteiger partial charge in [-0.1, -0.05) is 35.9 Å². The molecular formula is C32H31N3O7. The molecule has 0 spiro atoms. The predicted octanol–water partition coefficient (Wildman–Crippen LogP) is 3.21. The van der Waals surface area contributed by atoms with E-state index in [2.05, 4.69) is 9.80 Å². The molecule has 0 aliphatic carbocycles. The van der Waals surface area contributed by atoms with E-state index in [1.54, 1.807) is 24.3 Å². The molecule has 3 aromatic rings. The molecule has 0 saturated carbocycles. The van der Waals surface area contributed by atoms with Crippen molar-refractivity contribution in [2.24, 2.45) is 0 Å². The van der Waals surface area contributed by atoms with Gasteiger partial charge in [-0.15, -0.1) is 0 Å². The van der Waals surface area contributed by atoms with Crippen LogP contribution in [0.2, 0.25) is 0 Å². The normalized spacial score (nSPS) is 18.9. The molecule has 0 bridgehead atoms. The summed E-state index contributed by atoms with van der Waals surface area (Å²) < 4.78 is 16.1. The van der Waals surface area contributed by atoms with Crippen LogP contribution in [-0.2, 0) is 20.9 Å². The van der Waals surface area contributed by atoms with E-state index in [-0.39, 0.29) is 43.0 Å². The second-order valence-electron chi connectivity index (χ2n) is 10.7. The van der Waals surface area contributed by atoms with Crippen LogP contribution < -0.4 is 14.4 Å². The maximum absolute atomic E-state index is 13.3. The molecule has 216 valence electrons. The number of hydrogen-bond donors (Lipinski definition) is 0. The summed E-state index contributed by atoms with van der Waals surface area (Å²) in [6, 6.07) is 18.6. The molecule has 6 rings (SSSR count). The van der Waals surface area contributed by atoms with E-state index < -0.39 is 12.0 Å². The summed E-state index contributed by atoms with van der Waals surface area (Å²) in [5.74, 6) is 0.0394. The topological polar surface area (TPSA) is 106 Å². The third kappa shape index (κ3) is 5.77. The average molecular weight is 570 g/mol. The number of hydrogen-bond acceptors (Lipinski definition) is 9. The number of carbonyl (C=O) groups is 4. The van der Waals surface area contributed by atoms with Crippen LogP contribution in [0.4, 0.5) is 5.69 Å². The lowest BCUT2D eigenvalue weighted by Crippen LogP contribution is -2.52. The summed E-state index contributed by atoms with van der Waals surface area (Å²) >= 11 is 0. The number of ketones is 1. The summed E-state index contributed by atoms with van der Waals surface area (Å²) in [6.07, 6.45) is 0.117. The van der Waals surface area contributed by atoms with Crippen molar-refractivity contribution >= 4 is 29.3 Å². The van der Waals surface area contributed by atoms with Crippen molar-refractivity contribution in [2.75, 3.05) is 44.5 Å². The molecule has 2 saturated heterocycles. The molecule has 10 heteroatoms. The summed E-state index contributed by atoms with van der Waals surface area (Å²) in [6.45, 7) is 5.46. The zero-order chi connectivity index (χ0) is 29.2. The van der Waals surface area contributed by atoms with Crippen LogP contribution in [0.3, 0.4) is 0 Å². The number of anilines is 1. The van der Waals surface area contributed by atoms with Crippen molar-refractivity contribution in [2.45, 2.75) is 25.9 Å². The lowest BCUT2D eigenvalue weighted by atomic mass is 10.1. The van der Waals surface area contributed by atoms with E-state index in [0.29, 0.717) is 24.3 Å². The molecule has 3 aliphatic heterocycles. The third-order valence-corrected chi connectivity index (χ3v) is 7.88. The van der Waals surface area contributed by atoms with Crippen molar-refractivity contribution in [1.29, 1.82) is 0 Å². The van der Waals surface area contributed by atoms with Gasteiger partial charge in [-0.05, 0) is 48.9 Å². The SMILES string of the molecule is Cc1ccc(C(=O)COC(=O)c2ccc(N3C(=O)CC(N4CCN(Cc5ccc6c(c5)OCO6)CC4)C3=O)cc2)cc1. The third-order valence-electron chi connectivity index (χ3n) is 7.88. The van der Waals surface area contributed by atoms with Gasteiger partial charge in [-0.2, -0.15) is 0 Å². The van der Waals surface area contributed by atoms with E-state index in [1.165, 1.54) is 17.0 Å². The minimum atomic E-state index is -0.655. The molecule has 10 nitrogen and oxygen atoms in total. The van der Waals surface area contributed by atoms with Gasteiger partial charge < -0.3 is 14.2 Å². The van der Waals surface area contributed by atoms with Gasteiger partial charge in [0.25, 0.3) is 5.91 Å². The van der Waals surface area contributed by atoms with Crippen LogP contribution in [0.15, 0.2) is 66.7 Å². The fraction of sp³-hybridized carbons (Fsp3) is 0.312. The Hall–Kier alpha value is -4.54. The second-order valence-corrected chi connectivity index (χ2v) is 10.7. The molecule has 3 aliphatic rings. The number of aryl methyl sites for hydroxylation is 1. The minimum absolute atomic E-state index is 0.117. The van der Waals surface area contributed by atoms with Gasteiger partial charge in [0, 0.05) is 38.3 Å². The number of nitrogens with zero attached hydrogens (tertiary/aromatic N) is 3. The summed E-state index contributed by atoms with van der Waals surface area (Å²) in [5.41, 5.74) is 3.26. The van der Waals surface area contributed by atoms with Crippen molar-refractivity contribution in [3.63, 3.8) is 0 Å². The van der Waals surface area contributed by atoms with E-state index in [0.717, 1.165) is 42.3 Å². The Morgan fingerprint density at radius 3 is 2.29 bits per heavy atom. The lowest BCUT2D eigenvalue weighted by Gasteiger charge is -2.37. The molecule has 1 atom stereocenters. The first-order chi connectivity index (χ1) is 20.4. The fourth-order valence-electron chi connectivity index (χ4n) is 5.49.